The Bertz CT molecular complexity index is 529. The number of aromatic nitrogens is 5. The molecule has 0 unspecified atom stereocenters. The van der Waals surface area contributed by atoms with Gasteiger partial charge in [-0.1, -0.05) is 5.21 Å². The van der Waals surface area contributed by atoms with E-state index in [9.17, 15) is 9.59 Å². The van der Waals surface area contributed by atoms with Gasteiger partial charge in [-0.05, 0) is 13.0 Å². The van der Waals surface area contributed by atoms with E-state index in [1.165, 1.54) is 19.2 Å². The summed E-state index contributed by atoms with van der Waals surface area (Å²) in [7, 11) is 0. The molecule has 0 bridgehead atoms. The van der Waals surface area contributed by atoms with Crippen molar-refractivity contribution >= 4 is 11.7 Å². The van der Waals surface area contributed by atoms with Crippen LogP contribution < -0.4 is 5.32 Å². The monoisotopic (exact) mass is 234 g/mol. The highest BCUT2D eigenvalue weighted by Crippen LogP contribution is 2.04. The highest BCUT2D eigenvalue weighted by Gasteiger charge is 2.10. The van der Waals surface area contributed by atoms with Crippen molar-refractivity contribution in [1.29, 1.82) is 0 Å². The fourth-order valence-corrected chi connectivity index (χ4v) is 1.24. The molecule has 2 rings (SSSR count). The number of hydrogen-bond acceptors (Lipinski definition) is 5. The predicted molar refractivity (Wildman–Crippen MR) is 56.1 cm³/mol. The molecule has 0 spiro atoms. The van der Waals surface area contributed by atoms with Crippen LogP contribution in [0.2, 0.25) is 0 Å². The van der Waals surface area contributed by atoms with E-state index in [-0.39, 0.29) is 18.2 Å². The van der Waals surface area contributed by atoms with Gasteiger partial charge in [0.2, 0.25) is 0 Å². The van der Waals surface area contributed by atoms with E-state index in [4.69, 9.17) is 0 Å². The Balaban J connectivity index is 1.97. The van der Waals surface area contributed by atoms with Gasteiger partial charge in [0.25, 0.3) is 5.91 Å². The van der Waals surface area contributed by atoms with Crippen molar-refractivity contribution < 1.29 is 9.59 Å². The maximum absolute atomic E-state index is 11.6. The summed E-state index contributed by atoms with van der Waals surface area (Å²) in [5, 5.41) is 15.6. The number of hydrogen-bond donors (Lipinski definition) is 3. The van der Waals surface area contributed by atoms with Crippen molar-refractivity contribution in [2.24, 2.45) is 0 Å². The van der Waals surface area contributed by atoms with Gasteiger partial charge >= 0.3 is 0 Å². The van der Waals surface area contributed by atoms with E-state index in [0.29, 0.717) is 17.1 Å². The molecule has 1 amide bonds. The molecular formula is C9H10N6O2. The lowest BCUT2D eigenvalue weighted by molar-refractivity contribution is 0.0945. The fourth-order valence-electron chi connectivity index (χ4n) is 1.24. The Morgan fingerprint density at radius 3 is 2.88 bits per heavy atom. The van der Waals surface area contributed by atoms with Crippen molar-refractivity contribution in [1.82, 2.24) is 30.9 Å². The molecule has 0 atom stereocenters. The summed E-state index contributed by atoms with van der Waals surface area (Å²) in [4.78, 5) is 25.4. The molecule has 88 valence electrons. The van der Waals surface area contributed by atoms with Gasteiger partial charge in [-0.2, -0.15) is 5.21 Å². The number of tetrazole rings is 1. The number of carbonyl (C=O) groups is 2. The molecule has 0 fully saturated rings. The molecule has 0 saturated carbocycles. The minimum Gasteiger partial charge on any atom is -0.356 e. The SMILES string of the molecule is CC(=O)c1c[nH]c(C(=O)NCc2nn[nH]n2)c1. The molecule has 0 aliphatic heterocycles. The topological polar surface area (TPSA) is 116 Å². The van der Waals surface area contributed by atoms with Crippen molar-refractivity contribution in [3.8, 4) is 0 Å². The second-order valence-corrected chi connectivity index (χ2v) is 3.37. The third-order valence-corrected chi connectivity index (χ3v) is 2.13. The Morgan fingerprint density at radius 1 is 1.47 bits per heavy atom. The Hall–Kier alpha value is -2.51. The van der Waals surface area contributed by atoms with Crippen LogP contribution in [0.4, 0.5) is 0 Å². The molecule has 0 aliphatic rings. The molecule has 8 heteroatoms. The maximum Gasteiger partial charge on any atom is 0.268 e. The van der Waals surface area contributed by atoms with Crippen molar-refractivity contribution in [2.45, 2.75) is 13.5 Å². The van der Waals surface area contributed by atoms with Gasteiger partial charge in [0.1, 0.15) is 5.69 Å². The lowest BCUT2D eigenvalue weighted by atomic mass is 10.2. The Labute approximate surface area is 95.8 Å². The van der Waals surface area contributed by atoms with Crippen LogP contribution in [0.25, 0.3) is 0 Å². The number of rotatable bonds is 4. The highest BCUT2D eigenvalue weighted by atomic mass is 16.2. The average Bonchev–Trinajstić information content (AvgIpc) is 2.96. The van der Waals surface area contributed by atoms with E-state index in [1.807, 2.05) is 0 Å². The van der Waals surface area contributed by atoms with Gasteiger partial charge in [0.05, 0.1) is 6.54 Å². The predicted octanol–water partition coefficient (Wildman–Crippen LogP) is -0.340. The summed E-state index contributed by atoms with van der Waals surface area (Å²) < 4.78 is 0. The van der Waals surface area contributed by atoms with Crippen molar-refractivity contribution in [2.75, 3.05) is 0 Å². The zero-order valence-electron chi connectivity index (χ0n) is 9.02. The smallest absolute Gasteiger partial charge is 0.268 e. The number of nitrogens with zero attached hydrogens (tertiary/aromatic N) is 3. The van der Waals surface area contributed by atoms with E-state index < -0.39 is 0 Å². The second-order valence-electron chi connectivity index (χ2n) is 3.37. The molecule has 0 saturated heterocycles. The van der Waals surface area contributed by atoms with Crippen LogP contribution in [-0.2, 0) is 6.54 Å². The normalized spacial score (nSPS) is 10.2. The van der Waals surface area contributed by atoms with Crippen LogP contribution in [0.3, 0.4) is 0 Å². The highest BCUT2D eigenvalue weighted by molar-refractivity contribution is 5.98. The number of Topliss-reactive ketones (excluding diaryl/α,β-unsaturated/α-hetero) is 1. The first kappa shape index (κ1) is 11.0. The minimum atomic E-state index is -0.331. The first-order valence-corrected chi connectivity index (χ1v) is 4.86. The second kappa shape index (κ2) is 4.56. The lowest BCUT2D eigenvalue weighted by Gasteiger charge is -1.98. The number of nitrogens with one attached hydrogen (secondary N) is 3. The lowest BCUT2D eigenvalue weighted by Crippen LogP contribution is -2.23. The van der Waals surface area contributed by atoms with Crippen molar-refractivity contribution in [3.63, 3.8) is 0 Å². The van der Waals surface area contributed by atoms with Gasteiger partial charge in [-0.3, -0.25) is 9.59 Å². The van der Waals surface area contributed by atoms with Gasteiger partial charge in [0, 0.05) is 11.8 Å². The summed E-state index contributed by atoms with van der Waals surface area (Å²) >= 11 is 0. The van der Waals surface area contributed by atoms with Crippen LogP contribution in [0.15, 0.2) is 12.3 Å². The summed E-state index contributed by atoms with van der Waals surface area (Å²) in [5.41, 5.74) is 0.786. The van der Waals surface area contributed by atoms with Crippen LogP contribution in [0.5, 0.6) is 0 Å². The van der Waals surface area contributed by atoms with Gasteiger partial charge in [0.15, 0.2) is 11.6 Å². The van der Waals surface area contributed by atoms with E-state index in [1.54, 1.807) is 0 Å². The quantitative estimate of drug-likeness (QED) is 0.626. The van der Waals surface area contributed by atoms with Gasteiger partial charge < -0.3 is 10.3 Å². The standard InChI is InChI=1S/C9H10N6O2/c1-5(16)6-2-7(10-3-6)9(17)11-4-8-12-14-15-13-8/h2-3,10H,4H2,1H3,(H,11,17)(H,12,13,14,15). The van der Waals surface area contributed by atoms with Crippen LogP contribution >= 0.6 is 0 Å². The molecule has 2 heterocycles. The molecule has 0 radical (unpaired) electrons. The zero-order valence-corrected chi connectivity index (χ0v) is 9.02. The number of H-pyrrole nitrogens is 2. The van der Waals surface area contributed by atoms with E-state index in [0.717, 1.165) is 0 Å². The summed E-state index contributed by atoms with van der Waals surface area (Å²) in [6.07, 6.45) is 1.49. The van der Waals surface area contributed by atoms with Crippen LogP contribution in [0.1, 0.15) is 33.6 Å². The summed E-state index contributed by atoms with van der Waals surface area (Å²) in [6, 6.07) is 1.49. The minimum absolute atomic E-state index is 0.0986. The number of amides is 1. The van der Waals surface area contributed by atoms with Crippen molar-refractivity contribution in [3.05, 3.63) is 29.3 Å². The summed E-state index contributed by atoms with van der Waals surface area (Å²) in [5.74, 6) is -0.0440. The largest absolute Gasteiger partial charge is 0.356 e. The molecule has 2 aromatic rings. The van der Waals surface area contributed by atoms with Gasteiger partial charge in [-0.15, -0.1) is 10.2 Å². The average molecular weight is 234 g/mol. The zero-order chi connectivity index (χ0) is 12.3. The van der Waals surface area contributed by atoms with Crippen LogP contribution in [-0.4, -0.2) is 37.3 Å². The van der Waals surface area contributed by atoms with Gasteiger partial charge in [-0.25, -0.2) is 0 Å². The molecular weight excluding hydrogens is 224 g/mol. The molecule has 2 aromatic heterocycles. The first-order valence-electron chi connectivity index (χ1n) is 4.86. The molecule has 8 nitrogen and oxygen atoms in total. The molecule has 0 aromatic carbocycles. The number of aromatic amines is 2. The molecule has 3 N–H and O–H groups in total. The third kappa shape index (κ3) is 2.54. The fraction of sp³-hybridized carbons (Fsp3) is 0.222. The Kier molecular flexibility index (Phi) is 2.95. The third-order valence-electron chi connectivity index (χ3n) is 2.13. The number of ketones is 1. The maximum atomic E-state index is 11.6. The Morgan fingerprint density at radius 2 is 2.29 bits per heavy atom. The first-order chi connectivity index (χ1) is 8.16. The molecule has 17 heavy (non-hydrogen) atoms. The van der Waals surface area contributed by atoms with E-state index in [2.05, 4.69) is 30.9 Å². The van der Waals surface area contributed by atoms with E-state index >= 15 is 0 Å². The number of carbonyl (C=O) groups excluding carboxylic acids is 2. The molecule has 0 aliphatic carbocycles. The van der Waals surface area contributed by atoms with Crippen LogP contribution in [0, 0.1) is 0 Å². The summed E-state index contributed by atoms with van der Waals surface area (Å²) in [6.45, 7) is 1.61.